The van der Waals surface area contributed by atoms with Gasteiger partial charge in [-0.15, -0.1) is 0 Å². The summed E-state index contributed by atoms with van der Waals surface area (Å²) in [5.41, 5.74) is 4.50. The first-order valence-corrected chi connectivity index (χ1v) is 8.01. The highest BCUT2D eigenvalue weighted by molar-refractivity contribution is 6.05. The van der Waals surface area contributed by atoms with Crippen LogP contribution in [0.1, 0.15) is 21.5 Å². The van der Waals surface area contributed by atoms with E-state index in [1.807, 2.05) is 50.2 Å². The van der Waals surface area contributed by atoms with Gasteiger partial charge < -0.3 is 10.6 Å². The zero-order valence-corrected chi connectivity index (χ0v) is 14.1. The lowest BCUT2D eigenvalue weighted by molar-refractivity contribution is -0.120. The van der Waals surface area contributed by atoms with Gasteiger partial charge in [0.2, 0.25) is 0 Å². The Bertz CT molecular complexity index is 843. The number of carbonyl (C=O) groups is 3. The van der Waals surface area contributed by atoms with Crippen LogP contribution in [0.15, 0.2) is 42.5 Å². The largest absolute Gasteiger partial charge is 0.349 e. The SMILES string of the molecule is Cc1ccc(-c2cc(C)ccc2C(=O)NCC2NC(=O)NC2=O)cc1. The fourth-order valence-electron chi connectivity index (χ4n) is 2.72. The van der Waals surface area contributed by atoms with E-state index in [0.717, 1.165) is 22.3 Å². The third-order valence-corrected chi connectivity index (χ3v) is 4.11. The number of amides is 4. The van der Waals surface area contributed by atoms with Crippen molar-refractivity contribution in [2.45, 2.75) is 19.9 Å². The van der Waals surface area contributed by atoms with Crippen molar-refractivity contribution in [3.05, 3.63) is 59.2 Å². The molecule has 2 aromatic rings. The van der Waals surface area contributed by atoms with Gasteiger partial charge in [0, 0.05) is 12.1 Å². The number of benzene rings is 2. The number of hydrogen-bond acceptors (Lipinski definition) is 3. The fraction of sp³-hybridized carbons (Fsp3) is 0.211. The summed E-state index contributed by atoms with van der Waals surface area (Å²) in [6.07, 6.45) is 0. The molecule has 0 radical (unpaired) electrons. The molecule has 128 valence electrons. The summed E-state index contributed by atoms with van der Waals surface area (Å²) in [7, 11) is 0. The quantitative estimate of drug-likeness (QED) is 0.745. The number of urea groups is 1. The molecular weight excluding hydrogens is 318 g/mol. The summed E-state index contributed by atoms with van der Waals surface area (Å²) in [5.74, 6) is -0.725. The summed E-state index contributed by atoms with van der Waals surface area (Å²) >= 11 is 0. The van der Waals surface area contributed by atoms with Crippen molar-refractivity contribution < 1.29 is 14.4 Å². The molecule has 2 aromatic carbocycles. The van der Waals surface area contributed by atoms with Gasteiger partial charge in [0.15, 0.2) is 0 Å². The molecule has 1 atom stereocenters. The Morgan fingerprint density at radius 1 is 1.04 bits per heavy atom. The zero-order valence-electron chi connectivity index (χ0n) is 14.1. The van der Waals surface area contributed by atoms with Crippen LogP contribution in [0.5, 0.6) is 0 Å². The van der Waals surface area contributed by atoms with Crippen LogP contribution in [0.2, 0.25) is 0 Å². The van der Waals surface area contributed by atoms with Crippen LogP contribution in [-0.4, -0.2) is 30.4 Å². The fourth-order valence-corrected chi connectivity index (χ4v) is 2.72. The maximum absolute atomic E-state index is 12.6. The molecular formula is C19H19N3O3. The molecule has 25 heavy (non-hydrogen) atoms. The molecule has 0 aliphatic carbocycles. The van der Waals surface area contributed by atoms with E-state index in [2.05, 4.69) is 16.0 Å². The average molecular weight is 337 g/mol. The molecule has 1 aliphatic heterocycles. The van der Waals surface area contributed by atoms with Crippen molar-refractivity contribution in [1.82, 2.24) is 16.0 Å². The summed E-state index contributed by atoms with van der Waals surface area (Å²) < 4.78 is 0. The van der Waals surface area contributed by atoms with Crippen LogP contribution >= 0.6 is 0 Å². The molecule has 0 bridgehead atoms. The maximum Gasteiger partial charge on any atom is 0.322 e. The van der Waals surface area contributed by atoms with Gasteiger partial charge in [0.05, 0.1) is 0 Å². The molecule has 6 heteroatoms. The van der Waals surface area contributed by atoms with Gasteiger partial charge in [-0.1, -0.05) is 47.5 Å². The molecule has 1 unspecified atom stereocenters. The van der Waals surface area contributed by atoms with E-state index in [9.17, 15) is 14.4 Å². The molecule has 6 nitrogen and oxygen atoms in total. The molecule has 0 spiro atoms. The molecule has 1 heterocycles. The molecule has 3 N–H and O–H groups in total. The van der Waals surface area contributed by atoms with Crippen molar-refractivity contribution in [1.29, 1.82) is 0 Å². The van der Waals surface area contributed by atoms with Crippen molar-refractivity contribution in [3.8, 4) is 11.1 Å². The van der Waals surface area contributed by atoms with Crippen LogP contribution in [0.3, 0.4) is 0 Å². The maximum atomic E-state index is 12.6. The minimum atomic E-state index is -0.746. The van der Waals surface area contributed by atoms with Gasteiger partial charge in [-0.05, 0) is 31.0 Å². The van der Waals surface area contributed by atoms with Crippen LogP contribution in [0.4, 0.5) is 4.79 Å². The third-order valence-electron chi connectivity index (χ3n) is 4.11. The van der Waals surface area contributed by atoms with E-state index in [4.69, 9.17) is 0 Å². The first-order chi connectivity index (χ1) is 11.9. The predicted octanol–water partition coefficient (Wildman–Crippen LogP) is 1.91. The molecule has 4 amide bonds. The van der Waals surface area contributed by atoms with Crippen LogP contribution in [-0.2, 0) is 4.79 Å². The Hall–Kier alpha value is -3.15. The number of nitrogens with one attached hydrogen (secondary N) is 3. The lowest BCUT2D eigenvalue weighted by Gasteiger charge is -2.13. The molecule has 1 fully saturated rings. The number of hydrogen-bond donors (Lipinski definition) is 3. The lowest BCUT2D eigenvalue weighted by Crippen LogP contribution is -2.41. The van der Waals surface area contributed by atoms with Gasteiger partial charge in [-0.3, -0.25) is 14.9 Å². The lowest BCUT2D eigenvalue weighted by atomic mass is 9.96. The standard InChI is InChI=1S/C19H19N3O3/c1-11-3-6-13(7-4-11)15-9-12(2)5-8-14(15)17(23)20-10-16-18(24)22-19(25)21-16/h3-9,16H,10H2,1-2H3,(H,20,23)(H2,21,22,24,25). The van der Waals surface area contributed by atoms with E-state index >= 15 is 0 Å². The van der Waals surface area contributed by atoms with E-state index in [-0.39, 0.29) is 12.5 Å². The van der Waals surface area contributed by atoms with Crippen molar-refractivity contribution >= 4 is 17.8 Å². The van der Waals surface area contributed by atoms with E-state index in [1.165, 1.54) is 0 Å². The third kappa shape index (κ3) is 3.68. The van der Waals surface area contributed by atoms with Crippen LogP contribution < -0.4 is 16.0 Å². The predicted molar refractivity (Wildman–Crippen MR) is 94.1 cm³/mol. The topological polar surface area (TPSA) is 87.3 Å². The minimum absolute atomic E-state index is 0.0393. The van der Waals surface area contributed by atoms with E-state index < -0.39 is 18.0 Å². The summed E-state index contributed by atoms with van der Waals surface area (Å²) in [6, 6.07) is 12.3. The minimum Gasteiger partial charge on any atom is -0.349 e. The number of carbonyl (C=O) groups excluding carboxylic acids is 3. The number of rotatable bonds is 4. The Balaban J connectivity index is 1.81. The van der Waals surface area contributed by atoms with Gasteiger partial charge in [0.1, 0.15) is 6.04 Å². The second-order valence-electron chi connectivity index (χ2n) is 6.14. The number of imide groups is 1. The van der Waals surface area contributed by atoms with E-state index in [1.54, 1.807) is 6.07 Å². The van der Waals surface area contributed by atoms with Gasteiger partial charge >= 0.3 is 6.03 Å². The van der Waals surface area contributed by atoms with Gasteiger partial charge in [0.25, 0.3) is 11.8 Å². The zero-order chi connectivity index (χ0) is 18.0. The Morgan fingerprint density at radius 3 is 2.36 bits per heavy atom. The average Bonchev–Trinajstić information content (AvgIpc) is 2.91. The van der Waals surface area contributed by atoms with E-state index in [0.29, 0.717) is 5.56 Å². The smallest absolute Gasteiger partial charge is 0.322 e. The molecule has 0 saturated carbocycles. The Labute approximate surface area is 145 Å². The van der Waals surface area contributed by atoms with Gasteiger partial charge in [-0.25, -0.2) is 4.79 Å². The summed E-state index contributed by atoms with van der Waals surface area (Å²) in [5, 5.41) is 7.32. The normalized spacial score (nSPS) is 16.3. The Morgan fingerprint density at radius 2 is 1.72 bits per heavy atom. The molecule has 1 aliphatic rings. The first-order valence-electron chi connectivity index (χ1n) is 8.01. The van der Waals surface area contributed by atoms with Gasteiger partial charge in [-0.2, -0.15) is 0 Å². The van der Waals surface area contributed by atoms with Crippen LogP contribution in [0, 0.1) is 13.8 Å². The highest BCUT2D eigenvalue weighted by Crippen LogP contribution is 2.25. The van der Waals surface area contributed by atoms with Crippen molar-refractivity contribution in [3.63, 3.8) is 0 Å². The Kier molecular flexibility index (Phi) is 4.52. The second kappa shape index (κ2) is 6.76. The summed E-state index contributed by atoms with van der Waals surface area (Å²) in [4.78, 5) is 35.3. The first kappa shape index (κ1) is 16.7. The van der Waals surface area contributed by atoms with Crippen LogP contribution in [0.25, 0.3) is 11.1 Å². The van der Waals surface area contributed by atoms with Crippen molar-refractivity contribution in [2.24, 2.45) is 0 Å². The molecule has 3 rings (SSSR count). The van der Waals surface area contributed by atoms with Crippen molar-refractivity contribution in [2.75, 3.05) is 6.54 Å². The molecule has 1 saturated heterocycles. The number of aryl methyl sites for hydroxylation is 2. The summed E-state index contributed by atoms with van der Waals surface area (Å²) in [6.45, 7) is 4.02. The highest BCUT2D eigenvalue weighted by atomic mass is 16.2. The monoisotopic (exact) mass is 337 g/mol. The molecule has 0 aromatic heterocycles. The highest BCUT2D eigenvalue weighted by Gasteiger charge is 2.29. The second-order valence-corrected chi connectivity index (χ2v) is 6.14.